The number of fused-ring (bicyclic) bond motifs is 2. The lowest BCUT2D eigenvalue weighted by atomic mass is 10.1. The summed E-state index contributed by atoms with van der Waals surface area (Å²) >= 11 is 0. The van der Waals surface area contributed by atoms with Gasteiger partial charge in [0.25, 0.3) is 5.56 Å². The zero-order valence-corrected chi connectivity index (χ0v) is 19.5. The minimum atomic E-state index is 0.0459. The SMILES string of the molecule is CCn1c(C)c(CN2CCc3nc(N4CCN(C)CC4)[nH]c(=O)c3CC2)c2ccccc21. The van der Waals surface area contributed by atoms with Crippen molar-refractivity contribution in [2.24, 2.45) is 0 Å². The topological polar surface area (TPSA) is 60.4 Å². The number of likely N-dealkylation sites (N-methyl/N-ethyl adjacent to an activating group) is 1. The fraction of sp³-hybridized carbons (Fsp3) is 0.520. The Kier molecular flexibility index (Phi) is 5.78. The van der Waals surface area contributed by atoms with Crippen molar-refractivity contribution in [2.45, 2.75) is 39.8 Å². The molecule has 0 amide bonds. The first kappa shape index (κ1) is 21.2. The molecule has 7 nitrogen and oxygen atoms in total. The summed E-state index contributed by atoms with van der Waals surface area (Å²) in [5.74, 6) is 0.747. The average Bonchev–Trinajstić information content (AvgIpc) is 2.93. The quantitative estimate of drug-likeness (QED) is 0.683. The lowest BCUT2D eigenvalue weighted by Gasteiger charge is -2.32. The van der Waals surface area contributed by atoms with Crippen molar-refractivity contribution in [3.63, 3.8) is 0 Å². The molecule has 2 aliphatic heterocycles. The molecule has 1 fully saturated rings. The van der Waals surface area contributed by atoms with Gasteiger partial charge in [0.15, 0.2) is 0 Å². The van der Waals surface area contributed by atoms with E-state index in [2.05, 4.69) is 69.4 Å². The van der Waals surface area contributed by atoms with Crippen molar-refractivity contribution in [1.29, 1.82) is 0 Å². The van der Waals surface area contributed by atoms with Gasteiger partial charge >= 0.3 is 0 Å². The smallest absolute Gasteiger partial charge is 0.255 e. The number of piperazine rings is 1. The van der Waals surface area contributed by atoms with E-state index in [9.17, 15) is 4.79 Å². The Bertz CT molecular complexity index is 1170. The Hall–Kier alpha value is -2.64. The molecule has 7 heteroatoms. The summed E-state index contributed by atoms with van der Waals surface area (Å²) in [7, 11) is 2.14. The fourth-order valence-corrected chi connectivity index (χ4v) is 5.30. The van der Waals surface area contributed by atoms with Gasteiger partial charge in [0.1, 0.15) is 0 Å². The first-order valence-electron chi connectivity index (χ1n) is 11.9. The highest BCUT2D eigenvalue weighted by molar-refractivity contribution is 5.85. The number of para-hydroxylation sites is 1. The summed E-state index contributed by atoms with van der Waals surface area (Å²) < 4.78 is 2.41. The van der Waals surface area contributed by atoms with E-state index < -0.39 is 0 Å². The van der Waals surface area contributed by atoms with Crippen LogP contribution >= 0.6 is 0 Å². The van der Waals surface area contributed by atoms with Gasteiger partial charge in [0.2, 0.25) is 5.95 Å². The predicted octanol–water partition coefficient (Wildman–Crippen LogP) is 2.41. The average molecular weight is 435 g/mol. The highest BCUT2D eigenvalue weighted by atomic mass is 16.1. The second-order valence-corrected chi connectivity index (χ2v) is 9.21. The van der Waals surface area contributed by atoms with Crippen molar-refractivity contribution in [3.05, 3.63) is 57.1 Å². The standard InChI is InChI=1S/C25H34N6O/c1-4-31-18(2)21(19-7-5-6-8-23(19)31)17-29-11-9-20-22(10-12-29)26-25(27-24(20)32)30-15-13-28(3)14-16-30/h5-8H,4,9-17H2,1-3H3,(H,26,27,32). The summed E-state index contributed by atoms with van der Waals surface area (Å²) in [5, 5.41) is 1.35. The summed E-state index contributed by atoms with van der Waals surface area (Å²) in [5.41, 5.74) is 5.98. The fourth-order valence-electron chi connectivity index (χ4n) is 5.30. The second kappa shape index (κ2) is 8.71. The van der Waals surface area contributed by atoms with Crippen LogP contribution in [-0.2, 0) is 25.9 Å². The maximum absolute atomic E-state index is 12.9. The van der Waals surface area contributed by atoms with Crippen LogP contribution < -0.4 is 10.5 Å². The number of anilines is 1. The predicted molar refractivity (Wildman–Crippen MR) is 130 cm³/mol. The van der Waals surface area contributed by atoms with Gasteiger partial charge in [-0.05, 0) is 38.9 Å². The van der Waals surface area contributed by atoms with Gasteiger partial charge in [-0.25, -0.2) is 4.98 Å². The van der Waals surface area contributed by atoms with Gasteiger partial charge in [-0.1, -0.05) is 18.2 Å². The number of aromatic nitrogens is 3. The van der Waals surface area contributed by atoms with E-state index >= 15 is 0 Å². The van der Waals surface area contributed by atoms with E-state index in [0.29, 0.717) is 0 Å². The number of aryl methyl sites for hydroxylation is 1. The van der Waals surface area contributed by atoms with E-state index in [1.54, 1.807) is 0 Å². The zero-order chi connectivity index (χ0) is 22.2. The number of rotatable bonds is 4. The first-order chi connectivity index (χ1) is 15.5. The van der Waals surface area contributed by atoms with Gasteiger partial charge in [-0.3, -0.25) is 14.7 Å². The second-order valence-electron chi connectivity index (χ2n) is 9.21. The van der Waals surface area contributed by atoms with Gasteiger partial charge in [-0.2, -0.15) is 0 Å². The molecule has 0 radical (unpaired) electrons. The molecule has 3 aromatic rings. The molecule has 0 saturated carbocycles. The molecular formula is C25H34N6O. The van der Waals surface area contributed by atoms with Crippen LogP contribution in [0.15, 0.2) is 29.1 Å². The van der Waals surface area contributed by atoms with Crippen molar-refractivity contribution in [3.8, 4) is 0 Å². The molecule has 0 spiro atoms. The van der Waals surface area contributed by atoms with Gasteiger partial charge in [-0.15, -0.1) is 0 Å². The molecule has 2 aromatic heterocycles. The van der Waals surface area contributed by atoms with Crippen molar-refractivity contribution in [1.82, 2.24) is 24.3 Å². The van der Waals surface area contributed by atoms with Crippen LogP contribution in [-0.4, -0.2) is 70.7 Å². The van der Waals surface area contributed by atoms with Crippen molar-refractivity contribution < 1.29 is 0 Å². The van der Waals surface area contributed by atoms with Crippen molar-refractivity contribution >= 4 is 16.9 Å². The largest absolute Gasteiger partial charge is 0.345 e. The lowest BCUT2D eigenvalue weighted by molar-refractivity contribution is 0.279. The van der Waals surface area contributed by atoms with Crippen LogP contribution in [0.3, 0.4) is 0 Å². The molecule has 5 rings (SSSR count). The highest BCUT2D eigenvalue weighted by Crippen LogP contribution is 2.28. The van der Waals surface area contributed by atoms with E-state index in [1.165, 1.54) is 22.2 Å². The summed E-state index contributed by atoms with van der Waals surface area (Å²) in [6.45, 7) is 12.0. The van der Waals surface area contributed by atoms with Gasteiger partial charge < -0.3 is 14.4 Å². The Morgan fingerprint density at radius 2 is 1.78 bits per heavy atom. The lowest BCUT2D eigenvalue weighted by Crippen LogP contribution is -2.45. The summed E-state index contributed by atoms with van der Waals surface area (Å²) in [4.78, 5) is 28.0. The van der Waals surface area contributed by atoms with Gasteiger partial charge in [0, 0.05) is 80.9 Å². The highest BCUT2D eigenvalue weighted by Gasteiger charge is 2.23. The Labute approximate surface area is 189 Å². The number of benzene rings is 1. The molecule has 0 bridgehead atoms. The molecule has 1 saturated heterocycles. The normalized spacial score (nSPS) is 18.2. The third kappa shape index (κ3) is 3.84. The molecule has 0 atom stereocenters. The third-order valence-electron chi connectivity index (χ3n) is 7.29. The Morgan fingerprint density at radius 1 is 1.03 bits per heavy atom. The Balaban J connectivity index is 1.37. The third-order valence-corrected chi connectivity index (χ3v) is 7.29. The van der Waals surface area contributed by atoms with E-state index in [1.807, 2.05) is 0 Å². The number of hydrogen-bond acceptors (Lipinski definition) is 5. The van der Waals surface area contributed by atoms with Crippen LogP contribution in [0.2, 0.25) is 0 Å². The number of hydrogen-bond donors (Lipinski definition) is 1. The minimum Gasteiger partial charge on any atom is -0.345 e. The van der Waals surface area contributed by atoms with Crippen LogP contribution in [0, 0.1) is 6.92 Å². The molecule has 32 heavy (non-hydrogen) atoms. The summed E-state index contributed by atoms with van der Waals surface area (Å²) in [6.07, 6.45) is 1.58. The van der Waals surface area contributed by atoms with Crippen LogP contribution in [0.25, 0.3) is 10.9 Å². The van der Waals surface area contributed by atoms with E-state index in [4.69, 9.17) is 4.98 Å². The zero-order valence-electron chi connectivity index (χ0n) is 19.5. The maximum Gasteiger partial charge on any atom is 0.255 e. The summed E-state index contributed by atoms with van der Waals surface area (Å²) in [6, 6.07) is 8.71. The van der Waals surface area contributed by atoms with E-state index in [-0.39, 0.29) is 5.56 Å². The van der Waals surface area contributed by atoms with Gasteiger partial charge in [0.05, 0.1) is 5.69 Å². The first-order valence-corrected chi connectivity index (χ1v) is 11.9. The minimum absolute atomic E-state index is 0.0459. The number of nitrogens with one attached hydrogen (secondary N) is 1. The van der Waals surface area contributed by atoms with Crippen LogP contribution in [0.4, 0.5) is 5.95 Å². The van der Waals surface area contributed by atoms with E-state index in [0.717, 1.165) is 82.4 Å². The molecule has 4 heterocycles. The van der Waals surface area contributed by atoms with Crippen LogP contribution in [0.5, 0.6) is 0 Å². The molecule has 1 N–H and O–H groups in total. The molecule has 0 unspecified atom stereocenters. The molecule has 2 aliphatic rings. The monoisotopic (exact) mass is 434 g/mol. The number of nitrogens with zero attached hydrogens (tertiary/aromatic N) is 5. The molecule has 1 aromatic carbocycles. The number of H-pyrrole nitrogens is 1. The maximum atomic E-state index is 12.9. The molecule has 170 valence electrons. The molecular weight excluding hydrogens is 400 g/mol. The molecule has 0 aliphatic carbocycles. The van der Waals surface area contributed by atoms with Crippen LogP contribution in [0.1, 0.15) is 29.4 Å². The number of aromatic amines is 1. The van der Waals surface area contributed by atoms with Crippen molar-refractivity contribution in [2.75, 3.05) is 51.2 Å². The Morgan fingerprint density at radius 3 is 2.56 bits per heavy atom.